The number of rotatable bonds is 6. The first kappa shape index (κ1) is 13.0. The van der Waals surface area contributed by atoms with Gasteiger partial charge < -0.3 is 10.0 Å². The van der Waals surface area contributed by atoms with E-state index in [-0.39, 0.29) is 6.10 Å². The normalized spacial score (nSPS) is 27.2. The van der Waals surface area contributed by atoms with Gasteiger partial charge in [-0.05, 0) is 32.9 Å². The molecule has 1 rings (SSSR count). The molecule has 0 aliphatic heterocycles. The maximum absolute atomic E-state index is 9.90. The third-order valence-electron chi connectivity index (χ3n) is 3.62. The third-order valence-corrected chi connectivity index (χ3v) is 3.62. The van der Waals surface area contributed by atoms with E-state index in [0.717, 1.165) is 13.0 Å². The lowest BCUT2D eigenvalue weighted by molar-refractivity contribution is 0.0316. The van der Waals surface area contributed by atoms with E-state index in [2.05, 4.69) is 18.9 Å². The Hall–Kier alpha value is -0.0800. The summed E-state index contributed by atoms with van der Waals surface area (Å²) in [6.45, 7) is 3.40. The largest absolute Gasteiger partial charge is 0.391 e. The van der Waals surface area contributed by atoms with Crippen LogP contribution < -0.4 is 0 Å². The number of hydrogen-bond acceptors (Lipinski definition) is 2. The first-order valence-electron chi connectivity index (χ1n) is 6.64. The topological polar surface area (TPSA) is 23.5 Å². The Morgan fingerprint density at radius 3 is 2.53 bits per heavy atom. The fraction of sp³-hybridized carbons (Fsp3) is 1.00. The third kappa shape index (κ3) is 4.52. The van der Waals surface area contributed by atoms with Crippen LogP contribution in [0.15, 0.2) is 0 Å². The van der Waals surface area contributed by atoms with Crippen LogP contribution in [0.1, 0.15) is 58.3 Å². The zero-order valence-electron chi connectivity index (χ0n) is 10.4. The van der Waals surface area contributed by atoms with Gasteiger partial charge in [0.15, 0.2) is 0 Å². The van der Waals surface area contributed by atoms with Gasteiger partial charge in [0.2, 0.25) is 0 Å². The van der Waals surface area contributed by atoms with Crippen molar-refractivity contribution >= 4 is 0 Å². The maximum Gasteiger partial charge on any atom is 0.0695 e. The molecule has 0 radical (unpaired) electrons. The molecule has 0 aromatic heterocycles. The van der Waals surface area contributed by atoms with Gasteiger partial charge in [-0.2, -0.15) is 0 Å². The Morgan fingerprint density at radius 1 is 1.13 bits per heavy atom. The molecule has 1 aliphatic carbocycles. The first-order chi connectivity index (χ1) is 7.25. The number of aliphatic hydroxyl groups excluding tert-OH is 1. The van der Waals surface area contributed by atoms with Gasteiger partial charge in [0.1, 0.15) is 0 Å². The average molecular weight is 213 g/mol. The van der Waals surface area contributed by atoms with Crippen LogP contribution in [-0.2, 0) is 0 Å². The van der Waals surface area contributed by atoms with Crippen molar-refractivity contribution < 1.29 is 5.11 Å². The van der Waals surface area contributed by atoms with Crippen molar-refractivity contribution in [2.45, 2.75) is 70.4 Å². The molecule has 2 nitrogen and oxygen atoms in total. The highest BCUT2D eigenvalue weighted by Crippen LogP contribution is 2.22. The molecule has 15 heavy (non-hydrogen) atoms. The number of hydrogen-bond donors (Lipinski definition) is 1. The summed E-state index contributed by atoms with van der Waals surface area (Å²) in [5.41, 5.74) is 0. The van der Waals surface area contributed by atoms with E-state index in [1.54, 1.807) is 0 Å². The summed E-state index contributed by atoms with van der Waals surface area (Å²) < 4.78 is 0. The molecular formula is C13H27NO. The second-order valence-corrected chi connectivity index (χ2v) is 4.96. The van der Waals surface area contributed by atoms with Crippen LogP contribution in [-0.4, -0.2) is 35.7 Å². The molecule has 0 amide bonds. The summed E-state index contributed by atoms with van der Waals surface area (Å²) in [5.74, 6) is 0. The molecule has 0 heterocycles. The molecule has 0 aromatic rings. The molecule has 0 aromatic carbocycles. The number of likely N-dealkylation sites (N-methyl/N-ethyl adjacent to an activating group) is 1. The van der Waals surface area contributed by atoms with Crippen molar-refractivity contribution in [2.75, 3.05) is 13.6 Å². The van der Waals surface area contributed by atoms with Crippen LogP contribution in [0.3, 0.4) is 0 Å². The molecule has 0 bridgehead atoms. The van der Waals surface area contributed by atoms with Gasteiger partial charge in [-0.3, -0.25) is 0 Å². The van der Waals surface area contributed by atoms with Crippen LogP contribution in [0.2, 0.25) is 0 Å². The van der Waals surface area contributed by atoms with Gasteiger partial charge in [-0.25, -0.2) is 0 Å². The molecule has 1 N–H and O–H groups in total. The van der Waals surface area contributed by atoms with E-state index in [1.165, 1.54) is 44.9 Å². The zero-order chi connectivity index (χ0) is 11.1. The predicted molar refractivity (Wildman–Crippen MR) is 65.0 cm³/mol. The number of aliphatic hydroxyl groups is 1. The summed E-state index contributed by atoms with van der Waals surface area (Å²) in [6, 6.07) is 0.431. The van der Waals surface area contributed by atoms with E-state index in [9.17, 15) is 5.11 Å². The Morgan fingerprint density at radius 2 is 1.87 bits per heavy atom. The van der Waals surface area contributed by atoms with Gasteiger partial charge >= 0.3 is 0 Å². The smallest absolute Gasteiger partial charge is 0.0695 e. The number of unbranched alkanes of at least 4 members (excludes halogenated alkanes) is 3. The molecule has 0 spiro atoms. The standard InChI is InChI=1S/C13H27NO/c1-3-4-5-8-11-14(2)12-9-6-7-10-13(12)15/h12-13,15H,3-11H2,1-2H3. The van der Waals surface area contributed by atoms with E-state index >= 15 is 0 Å². The van der Waals surface area contributed by atoms with Gasteiger partial charge in [-0.15, -0.1) is 0 Å². The van der Waals surface area contributed by atoms with Crippen molar-refractivity contribution in [2.24, 2.45) is 0 Å². The van der Waals surface area contributed by atoms with Crippen molar-refractivity contribution in [3.63, 3.8) is 0 Å². The van der Waals surface area contributed by atoms with Crippen molar-refractivity contribution in [3.8, 4) is 0 Å². The fourth-order valence-corrected chi connectivity index (χ4v) is 2.56. The summed E-state index contributed by atoms with van der Waals surface area (Å²) in [7, 11) is 2.17. The van der Waals surface area contributed by atoms with E-state index < -0.39 is 0 Å². The van der Waals surface area contributed by atoms with Crippen molar-refractivity contribution in [1.82, 2.24) is 4.90 Å². The van der Waals surface area contributed by atoms with Crippen molar-refractivity contribution in [3.05, 3.63) is 0 Å². The van der Waals surface area contributed by atoms with Gasteiger partial charge in [0.25, 0.3) is 0 Å². The molecule has 1 fully saturated rings. The Bertz CT molecular complexity index is 161. The van der Waals surface area contributed by atoms with Crippen LogP contribution in [0.5, 0.6) is 0 Å². The monoisotopic (exact) mass is 213 g/mol. The van der Waals surface area contributed by atoms with Gasteiger partial charge in [0.05, 0.1) is 6.10 Å². The van der Waals surface area contributed by atoms with Crippen LogP contribution >= 0.6 is 0 Å². The molecule has 1 saturated carbocycles. The quantitative estimate of drug-likeness (QED) is 0.686. The molecule has 2 heteroatoms. The second kappa shape index (κ2) is 7.24. The molecular weight excluding hydrogens is 186 g/mol. The highest BCUT2D eigenvalue weighted by molar-refractivity contribution is 4.81. The van der Waals surface area contributed by atoms with Crippen LogP contribution in [0.25, 0.3) is 0 Å². The summed E-state index contributed by atoms with van der Waals surface area (Å²) >= 11 is 0. The lowest BCUT2D eigenvalue weighted by Gasteiger charge is -2.35. The highest BCUT2D eigenvalue weighted by Gasteiger charge is 2.25. The average Bonchev–Trinajstić information content (AvgIpc) is 2.25. The van der Waals surface area contributed by atoms with E-state index in [1.807, 2.05) is 0 Å². The second-order valence-electron chi connectivity index (χ2n) is 4.96. The molecule has 0 saturated heterocycles. The predicted octanol–water partition coefficient (Wildman–Crippen LogP) is 2.80. The zero-order valence-corrected chi connectivity index (χ0v) is 10.4. The lowest BCUT2D eigenvalue weighted by Crippen LogP contribution is -2.43. The minimum absolute atomic E-state index is 0.0741. The van der Waals surface area contributed by atoms with E-state index in [0.29, 0.717) is 6.04 Å². The van der Waals surface area contributed by atoms with Crippen LogP contribution in [0, 0.1) is 0 Å². The summed E-state index contributed by atoms with van der Waals surface area (Å²) in [4.78, 5) is 2.37. The minimum atomic E-state index is -0.0741. The summed E-state index contributed by atoms with van der Waals surface area (Å²) in [6.07, 6.45) is 9.89. The Kier molecular flexibility index (Phi) is 6.26. The number of nitrogens with zero attached hydrogens (tertiary/aromatic N) is 1. The SMILES string of the molecule is CCCCCCN(C)C1CCCCC1O. The first-order valence-corrected chi connectivity index (χ1v) is 6.64. The Labute approximate surface area is 94.7 Å². The molecule has 2 unspecified atom stereocenters. The molecule has 90 valence electrons. The highest BCUT2D eigenvalue weighted by atomic mass is 16.3. The van der Waals surface area contributed by atoms with Crippen LogP contribution in [0.4, 0.5) is 0 Å². The Balaban J connectivity index is 2.16. The van der Waals surface area contributed by atoms with E-state index in [4.69, 9.17) is 0 Å². The van der Waals surface area contributed by atoms with Gasteiger partial charge in [-0.1, -0.05) is 39.0 Å². The van der Waals surface area contributed by atoms with Crippen molar-refractivity contribution in [1.29, 1.82) is 0 Å². The molecule has 2 atom stereocenters. The minimum Gasteiger partial charge on any atom is -0.391 e. The lowest BCUT2D eigenvalue weighted by atomic mass is 9.91. The van der Waals surface area contributed by atoms with Gasteiger partial charge in [0, 0.05) is 6.04 Å². The fourth-order valence-electron chi connectivity index (χ4n) is 2.56. The summed E-state index contributed by atoms with van der Waals surface area (Å²) in [5, 5.41) is 9.90. The molecule has 1 aliphatic rings. The maximum atomic E-state index is 9.90.